The van der Waals surface area contributed by atoms with Gasteiger partial charge in [0.05, 0.1) is 12.8 Å². The predicted molar refractivity (Wildman–Crippen MR) is 66.5 cm³/mol. The summed E-state index contributed by atoms with van der Waals surface area (Å²) in [6, 6.07) is 9.24. The molecular formula is C12H9BrN2O2. The van der Waals surface area contributed by atoms with Crippen molar-refractivity contribution in [2.75, 3.05) is 7.11 Å². The van der Waals surface area contributed by atoms with Gasteiger partial charge in [-0.15, -0.1) is 0 Å². The smallest absolute Gasteiger partial charge is 0.356 e. The van der Waals surface area contributed by atoms with E-state index < -0.39 is 5.97 Å². The van der Waals surface area contributed by atoms with Gasteiger partial charge in [0.2, 0.25) is 0 Å². The van der Waals surface area contributed by atoms with Gasteiger partial charge in [0, 0.05) is 10.0 Å². The molecule has 0 aliphatic carbocycles. The number of esters is 1. The lowest BCUT2D eigenvalue weighted by Gasteiger charge is -2.04. The summed E-state index contributed by atoms with van der Waals surface area (Å²) >= 11 is 3.44. The first-order valence-electron chi connectivity index (χ1n) is 4.87. The van der Waals surface area contributed by atoms with Crippen LogP contribution in [0.3, 0.4) is 0 Å². The third-order valence-electron chi connectivity index (χ3n) is 2.21. The first-order chi connectivity index (χ1) is 8.22. The van der Waals surface area contributed by atoms with Crippen LogP contribution in [0.4, 0.5) is 0 Å². The molecule has 0 atom stereocenters. The van der Waals surface area contributed by atoms with Crippen LogP contribution in [-0.2, 0) is 4.74 Å². The van der Waals surface area contributed by atoms with E-state index in [-0.39, 0.29) is 5.69 Å². The molecule has 0 fully saturated rings. The summed E-state index contributed by atoms with van der Waals surface area (Å²) in [6.45, 7) is 0. The molecule has 0 unspecified atom stereocenters. The van der Waals surface area contributed by atoms with E-state index in [1.54, 1.807) is 6.07 Å². The third kappa shape index (κ3) is 2.50. The monoisotopic (exact) mass is 292 g/mol. The first-order valence-corrected chi connectivity index (χ1v) is 5.67. The van der Waals surface area contributed by atoms with Gasteiger partial charge in [0.15, 0.2) is 5.69 Å². The van der Waals surface area contributed by atoms with Crippen molar-refractivity contribution in [3.8, 4) is 11.3 Å². The maximum Gasteiger partial charge on any atom is 0.356 e. The third-order valence-corrected chi connectivity index (χ3v) is 2.90. The molecule has 2 rings (SSSR count). The standard InChI is InChI=1S/C12H9BrN2O2/c1-17-12(16)11-6-10(14-7-15-11)8-4-2-3-5-9(8)13/h2-7H,1H3. The lowest BCUT2D eigenvalue weighted by Crippen LogP contribution is -2.04. The van der Waals surface area contributed by atoms with Crippen molar-refractivity contribution in [3.05, 3.63) is 46.8 Å². The van der Waals surface area contributed by atoms with Crippen molar-refractivity contribution in [1.82, 2.24) is 9.97 Å². The van der Waals surface area contributed by atoms with Gasteiger partial charge in [-0.05, 0) is 12.1 Å². The van der Waals surface area contributed by atoms with Crippen LogP contribution in [0.25, 0.3) is 11.3 Å². The number of hydrogen-bond acceptors (Lipinski definition) is 4. The highest BCUT2D eigenvalue weighted by Crippen LogP contribution is 2.26. The Kier molecular flexibility index (Phi) is 3.49. The molecule has 1 aromatic carbocycles. The summed E-state index contributed by atoms with van der Waals surface area (Å²) in [5.74, 6) is -0.472. The van der Waals surface area contributed by atoms with Crippen molar-refractivity contribution >= 4 is 21.9 Å². The zero-order chi connectivity index (χ0) is 12.3. The maximum absolute atomic E-state index is 11.4. The molecule has 0 aliphatic heterocycles. The lowest BCUT2D eigenvalue weighted by molar-refractivity contribution is 0.0594. The van der Waals surface area contributed by atoms with Gasteiger partial charge >= 0.3 is 5.97 Å². The van der Waals surface area contributed by atoms with Gasteiger partial charge in [-0.1, -0.05) is 34.1 Å². The number of rotatable bonds is 2. The van der Waals surface area contributed by atoms with E-state index in [1.807, 2.05) is 24.3 Å². The molecule has 0 saturated heterocycles. The molecule has 5 heteroatoms. The molecular weight excluding hydrogens is 284 g/mol. The van der Waals surface area contributed by atoms with Crippen LogP contribution in [-0.4, -0.2) is 23.0 Å². The van der Waals surface area contributed by atoms with Gasteiger partial charge in [0.1, 0.15) is 6.33 Å². The van der Waals surface area contributed by atoms with E-state index in [9.17, 15) is 4.79 Å². The fourth-order valence-corrected chi connectivity index (χ4v) is 1.88. The minimum absolute atomic E-state index is 0.244. The summed E-state index contributed by atoms with van der Waals surface area (Å²) in [7, 11) is 1.32. The molecule has 4 nitrogen and oxygen atoms in total. The Hall–Kier alpha value is -1.75. The van der Waals surface area contributed by atoms with Crippen molar-refractivity contribution in [2.24, 2.45) is 0 Å². The Morgan fingerprint density at radius 3 is 2.76 bits per heavy atom. The summed E-state index contributed by atoms with van der Waals surface area (Å²) in [6.07, 6.45) is 1.35. The molecule has 1 aromatic heterocycles. The molecule has 0 saturated carbocycles. The van der Waals surface area contributed by atoms with Gasteiger partial charge < -0.3 is 4.74 Å². The molecule has 2 aromatic rings. The van der Waals surface area contributed by atoms with Crippen molar-refractivity contribution in [1.29, 1.82) is 0 Å². The highest BCUT2D eigenvalue weighted by atomic mass is 79.9. The molecule has 0 N–H and O–H groups in total. The average molecular weight is 293 g/mol. The number of ether oxygens (including phenoxy) is 1. The molecule has 0 amide bonds. The second-order valence-electron chi connectivity index (χ2n) is 3.26. The summed E-state index contributed by atoms with van der Waals surface area (Å²) in [5.41, 5.74) is 1.82. The quantitative estimate of drug-likeness (QED) is 0.799. The van der Waals surface area contributed by atoms with E-state index in [0.29, 0.717) is 5.69 Å². The topological polar surface area (TPSA) is 52.1 Å². The Morgan fingerprint density at radius 1 is 1.29 bits per heavy atom. The molecule has 0 bridgehead atoms. The minimum Gasteiger partial charge on any atom is -0.464 e. The van der Waals surface area contributed by atoms with Crippen LogP contribution in [0.2, 0.25) is 0 Å². The normalized spacial score (nSPS) is 10.0. The fraction of sp³-hybridized carbons (Fsp3) is 0.0833. The summed E-state index contributed by atoms with van der Waals surface area (Å²) < 4.78 is 5.53. The second-order valence-corrected chi connectivity index (χ2v) is 4.11. The Morgan fingerprint density at radius 2 is 2.06 bits per heavy atom. The van der Waals surface area contributed by atoms with Crippen molar-refractivity contribution < 1.29 is 9.53 Å². The summed E-state index contributed by atoms with van der Waals surface area (Å²) in [5, 5.41) is 0. The number of hydrogen-bond donors (Lipinski definition) is 0. The number of halogens is 1. The van der Waals surface area contributed by atoms with Crippen LogP contribution in [0, 0.1) is 0 Å². The largest absolute Gasteiger partial charge is 0.464 e. The number of methoxy groups -OCH3 is 1. The Bertz CT molecular complexity index is 558. The first kappa shape index (κ1) is 11.7. The van der Waals surface area contributed by atoms with Crippen molar-refractivity contribution in [2.45, 2.75) is 0 Å². The molecule has 86 valence electrons. The van der Waals surface area contributed by atoms with Gasteiger partial charge in [-0.2, -0.15) is 0 Å². The summed E-state index contributed by atoms with van der Waals surface area (Å²) in [4.78, 5) is 19.4. The molecule has 0 radical (unpaired) electrons. The van der Waals surface area contributed by atoms with Crippen LogP contribution >= 0.6 is 15.9 Å². The van der Waals surface area contributed by atoms with E-state index in [4.69, 9.17) is 0 Å². The highest BCUT2D eigenvalue weighted by Gasteiger charge is 2.10. The Labute approximate surface area is 107 Å². The van der Waals surface area contributed by atoms with Crippen LogP contribution in [0.15, 0.2) is 41.1 Å². The predicted octanol–water partition coefficient (Wildman–Crippen LogP) is 2.69. The van der Waals surface area contributed by atoms with Crippen LogP contribution in [0.5, 0.6) is 0 Å². The van der Waals surface area contributed by atoms with E-state index in [0.717, 1.165) is 10.0 Å². The molecule has 1 heterocycles. The number of carbonyl (C=O) groups excluding carboxylic acids is 1. The number of benzene rings is 1. The zero-order valence-corrected chi connectivity index (χ0v) is 10.6. The van der Waals surface area contributed by atoms with E-state index in [2.05, 4.69) is 30.6 Å². The molecule has 17 heavy (non-hydrogen) atoms. The van der Waals surface area contributed by atoms with Crippen LogP contribution < -0.4 is 0 Å². The average Bonchev–Trinajstić information content (AvgIpc) is 2.38. The SMILES string of the molecule is COC(=O)c1cc(-c2ccccc2Br)ncn1. The Balaban J connectivity index is 2.47. The highest BCUT2D eigenvalue weighted by molar-refractivity contribution is 9.10. The number of nitrogens with zero attached hydrogens (tertiary/aromatic N) is 2. The van der Waals surface area contributed by atoms with E-state index >= 15 is 0 Å². The molecule has 0 spiro atoms. The molecule has 0 aliphatic rings. The zero-order valence-electron chi connectivity index (χ0n) is 9.05. The fourth-order valence-electron chi connectivity index (χ4n) is 1.39. The van der Waals surface area contributed by atoms with E-state index in [1.165, 1.54) is 13.4 Å². The number of carbonyl (C=O) groups is 1. The minimum atomic E-state index is -0.472. The second kappa shape index (κ2) is 5.05. The van der Waals surface area contributed by atoms with Crippen molar-refractivity contribution in [3.63, 3.8) is 0 Å². The van der Waals surface area contributed by atoms with Gasteiger partial charge in [0.25, 0.3) is 0 Å². The van der Waals surface area contributed by atoms with Gasteiger partial charge in [-0.25, -0.2) is 14.8 Å². The van der Waals surface area contributed by atoms with Gasteiger partial charge in [-0.3, -0.25) is 0 Å². The number of aromatic nitrogens is 2. The lowest BCUT2D eigenvalue weighted by atomic mass is 10.1. The van der Waals surface area contributed by atoms with Crippen LogP contribution in [0.1, 0.15) is 10.5 Å². The maximum atomic E-state index is 11.4.